The summed E-state index contributed by atoms with van der Waals surface area (Å²) in [5.74, 6) is 0.679. The third kappa shape index (κ3) is 3.92. The Balaban J connectivity index is 1.60. The van der Waals surface area contributed by atoms with E-state index in [9.17, 15) is 9.59 Å². The van der Waals surface area contributed by atoms with Crippen molar-refractivity contribution in [1.29, 1.82) is 0 Å². The summed E-state index contributed by atoms with van der Waals surface area (Å²) in [6, 6.07) is -0.0545. The first-order chi connectivity index (χ1) is 12.0. The van der Waals surface area contributed by atoms with Crippen LogP contribution in [0, 0.1) is 12.8 Å². The van der Waals surface area contributed by atoms with Gasteiger partial charge in [-0.3, -0.25) is 9.59 Å². The fourth-order valence-corrected chi connectivity index (χ4v) is 3.59. The first-order valence-electron chi connectivity index (χ1n) is 8.79. The lowest BCUT2D eigenvalue weighted by molar-refractivity contribution is -0.138. The predicted octanol–water partition coefficient (Wildman–Crippen LogP) is -0.388. The van der Waals surface area contributed by atoms with E-state index in [0.29, 0.717) is 39.3 Å². The van der Waals surface area contributed by atoms with Gasteiger partial charge < -0.3 is 20.4 Å². The molecular formula is C16H26N6O3. The molecule has 0 aliphatic carbocycles. The Morgan fingerprint density at radius 2 is 1.80 bits per heavy atom. The summed E-state index contributed by atoms with van der Waals surface area (Å²) < 4.78 is 4.75. The molecule has 25 heavy (non-hydrogen) atoms. The van der Waals surface area contributed by atoms with E-state index >= 15 is 0 Å². The first-order valence-corrected chi connectivity index (χ1v) is 8.79. The standard InChI is InChI=1S/C16H26N6O3/c1-11-15(19-25-18-11)20-5-7-21(8-6-20)16(24)13-3-4-14(17)10-22(9-13)12(2)23/h13-14H,3-10,17H2,1-2H3/t13-,14+/m1/s1. The summed E-state index contributed by atoms with van der Waals surface area (Å²) in [7, 11) is 0. The van der Waals surface area contributed by atoms with Crippen molar-refractivity contribution in [3.8, 4) is 0 Å². The van der Waals surface area contributed by atoms with E-state index < -0.39 is 0 Å². The van der Waals surface area contributed by atoms with Crippen molar-refractivity contribution in [2.45, 2.75) is 32.7 Å². The number of likely N-dealkylation sites (tertiary alicyclic amines) is 1. The highest BCUT2D eigenvalue weighted by atomic mass is 16.6. The highest BCUT2D eigenvalue weighted by Gasteiger charge is 2.33. The van der Waals surface area contributed by atoms with Gasteiger partial charge in [-0.1, -0.05) is 5.16 Å². The fourth-order valence-electron chi connectivity index (χ4n) is 3.59. The molecule has 0 aromatic carbocycles. The summed E-state index contributed by atoms with van der Waals surface area (Å²) in [5, 5.41) is 7.73. The van der Waals surface area contributed by atoms with Crippen LogP contribution in [-0.2, 0) is 9.59 Å². The molecule has 3 heterocycles. The maximum Gasteiger partial charge on any atom is 0.227 e. The van der Waals surface area contributed by atoms with Crippen LogP contribution in [-0.4, -0.2) is 77.2 Å². The molecule has 0 bridgehead atoms. The molecule has 2 aliphatic heterocycles. The maximum absolute atomic E-state index is 12.9. The normalized spacial score (nSPS) is 25.0. The van der Waals surface area contributed by atoms with Gasteiger partial charge in [-0.2, -0.15) is 0 Å². The molecule has 2 aliphatic rings. The lowest BCUT2D eigenvalue weighted by Gasteiger charge is -2.36. The summed E-state index contributed by atoms with van der Waals surface area (Å²) in [6.07, 6.45) is 1.50. The van der Waals surface area contributed by atoms with E-state index in [1.165, 1.54) is 6.92 Å². The summed E-state index contributed by atoms with van der Waals surface area (Å²) in [5.41, 5.74) is 6.80. The van der Waals surface area contributed by atoms with Crippen LogP contribution in [0.15, 0.2) is 4.63 Å². The Kier molecular flexibility index (Phi) is 5.22. The van der Waals surface area contributed by atoms with Gasteiger partial charge in [0.25, 0.3) is 0 Å². The zero-order chi connectivity index (χ0) is 18.0. The number of rotatable bonds is 2. The second kappa shape index (κ2) is 7.38. The molecule has 1 aromatic heterocycles. The minimum Gasteiger partial charge on any atom is -0.349 e. The van der Waals surface area contributed by atoms with E-state index in [1.807, 2.05) is 11.8 Å². The number of hydrogen-bond donors (Lipinski definition) is 1. The van der Waals surface area contributed by atoms with Crippen LogP contribution in [0.1, 0.15) is 25.5 Å². The van der Waals surface area contributed by atoms with Gasteiger partial charge in [-0.25, -0.2) is 4.63 Å². The Labute approximate surface area is 147 Å². The van der Waals surface area contributed by atoms with Crippen LogP contribution in [0.4, 0.5) is 5.82 Å². The molecule has 0 radical (unpaired) electrons. The molecule has 9 nitrogen and oxygen atoms in total. The number of hydrogen-bond acceptors (Lipinski definition) is 7. The number of nitrogens with zero attached hydrogens (tertiary/aromatic N) is 5. The largest absolute Gasteiger partial charge is 0.349 e. The summed E-state index contributed by atoms with van der Waals surface area (Å²) in [6.45, 7) is 7.05. The van der Waals surface area contributed by atoms with Gasteiger partial charge >= 0.3 is 0 Å². The zero-order valence-electron chi connectivity index (χ0n) is 14.8. The monoisotopic (exact) mass is 350 g/mol. The van der Waals surface area contributed by atoms with Crippen molar-refractivity contribution >= 4 is 17.6 Å². The van der Waals surface area contributed by atoms with Crippen LogP contribution in [0.25, 0.3) is 0 Å². The van der Waals surface area contributed by atoms with Crippen LogP contribution in [0.2, 0.25) is 0 Å². The predicted molar refractivity (Wildman–Crippen MR) is 90.8 cm³/mol. The van der Waals surface area contributed by atoms with E-state index in [1.54, 1.807) is 4.90 Å². The number of aromatic nitrogens is 2. The lowest BCUT2D eigenvalue weighted by atomic mass is 10.00. The fraction of sp³-hybridized carbons (Fsp3) is 0.750. The molecule has 1 aromatic rings. The number of amides is 2. The van der Waals surface area contributed by atoms with E-state index in [2.05, 4.69) is 15.2 Å². The Morgan fingerprint density at radius 3 is 2.40 bits per heavy atom. The number of carbonyl (C=O) groups is 2. The van der Waals surface area contributed by atoms with Gasteiger partial charge in [-0.05, 0) is 24.9 Å². The van der Waals surface area contributed by atoms with Crippen molar-refractivity contribution in [2.75, 3.05) is 44.2 Å². The van der Waals surface area contributed by atoms with Gasteiger partial charge in [0.1, 0.15) is 5.69 Å². The van der Waals surface area contributed by atoms with Crippen LogP contribution < -0.4 is 10.6 Å². The Bertz CT molecular complexity index is 625. The number of anilines is 1. The van der Waals surface area contributed by atoms with Crippen molar-refractivity contribution in [3.63, 3.8) is 0 Å². The number of piperazine rings is 1. The van der Waals surface area contributed by atoms with E-state index in [4.69, 9.17) is 10.4 Å². The highest BCUT2D eigenvalue weighted by molar-refractivity contribution is 5.81. The molecular weight excluding hydrogens is 324 g/mol. The average Bonchev–Trinajstić information content (AvgIpc) is 2.92. The lowest BCUT2D eigenvalue weighted by Crippen LogP contribution is -2.52. The molecule has 9 heteroatoms. The molecule has 138 valence electrons. The van der Waals surface area contributed by atoms with Crippen molar-refractivity contribution in [2.24, 2.45) is 11.7 Å². The number of carbonyl (C=O) groups excluding carboxylic acids is 2. The Morgan fingerprint density at radius 1 is 1.08 bits per heavy atom. The van der Waals surface area contributed by atoms with Gasteiger partial charge in [0, 0.05) is 52.2 Å². The summed E-state index contributed by atoms with van der Waals surface area (Å²) >= 11 is 0. The molecule has 0 saturated carbocycles. The third-order valence-electron chi connectivity index (χ3n) is 5.10. The minimum absolute atomic E-state index is 0.0195. The third-order valence-corrected chi connectivity index (χ3v) is 5.10. The number of nitrogens with two attached hydrogens (primary N) is 1. The minimum atomic E-state index is -0.167. The van der Waals surface area contributed by atoms with Gasteiger partial charge in [-0.15, -0.1) is 0 Å². The summed E-state index contributed by atoms with van der Waals surface area (Å²) in [4.78, 5) is 30.4. The molecule has 2 fully saturated rings. The van der Waals surface area contributed by atoms with Crippen LogP contribution in [0.3, 0.4) is 0 Å². The second-order valence-corrected chi connectivity index (χ2v) is 6.94. The molecule has 0 unspecified atom stereocenters. The average molecular weight is 350 g/mol. The second-order valence-electron chi connectivity index (χ2n) is 6.94. The Hall–Kier alpha value is -2.16. The van der Waals surface area contributed by atoms with Crippen LogP contribution in [0.5, 0.6) is 0 Å². The quantitative estimate of drug-likeness (QED) is 0.774. The molecule has 2 amide bonds. The van der Waals surface area contributed by atoms with Gasteiger partial charge in [0.2, 0.25) is 11.8 Å². The van der Waals surface area contributed by atoms with Crippen LogP contribution >= 0.6 is 0 Å². The van der Waals surface area contributed by atoms with Crippen molar-refractivity contribution < 1.29 is 14.2 Å². The molecule has 0 spiro atoms. The topological polar surface area (TPSA) is 109 Å². The molecule has 2 N–H and O–H groups in total. The first kappa shape index (κ1) is 17.7. The zero-order valence-corrected chi connectivity index (χ0v) is 14.8. The molecule has 2 saturated heterocycles. The van der Waals surface area contributed by atoms with Gasteiger partial charge in [0.15, 0.2) is 5.82 Å². The highest BCUT2D eigenvalue weighted by Crippen LogP contribution is 2.21. The van der Waals surface area contributed by atoms with Crippen molar-refractivity contribution in [3.05, 3.63) is 5.69 Å². The van der Waals surface area contributed by atoms with E-state index in [-0.39, 0.29) is 23.8 Å². The number of aryl methyl sites for hydroxylation is 1. The maximum atomic E-state index is 12.9. The SMILES string of the molecule is CC(=O)N1C[C@@H](N)CC[C@@H](C(=O)N2CCN(c3nonc3C)CC2)C1. The van der Waals surface area contributed by atoms with Crippen molar-refractivity contribution in [1.82, 2.24) is 20.1 Å². The van der Waals surface area contributed by atoms with E-state index in [0.717, 1.165) is 24.4 Å². The van der Waals surface area contributed by atoms with Gasteiger partial charge in [0.05, 0.1) is 5.92 Å². The molecule has 2 atom stereocenters. The molecule has 3 rings (SSSR count). The smallest absolute Gasteiger partial charge is 0.227 e.